The SMILES string of the molecule is CCc1cccc(CNC[C@@H](O)[C@H](Cc2cc(F)cc(F)c2)NC(=O)c2ccc(S(=O)(=O)N(C)CCc3ccccc3)cc2)c1. The molecule has 0 radical (unpaired) electrons. The van der Waals surface area contributed by atoms with E-state index in [0.29, 0.717) is 13.0 Å². The van der Waals surface area contributed by atoms with Crippen LogP contribution in [0.3, 0.4) is 0 Å². The van der Waals surface area contributed by atoms with Gasteiger partial charge in [-0.25, -0.2) is 21.5 Å². The number of nitrogens with one attached hydrogen (secondary N) is 2. The quantitative estimate of drug-likeness (QED) is 0.173. The van der Waals surface area contributed by atoms with Crippen molar-refractivity contribution in [3.05, 3.63) is 137 Å². The lowest BCUT2D eigenvalue weighted by molar-refractivity contribution is 0.0829. The van der Waals surface area contributed by atoms with Crippen LogP contribution in [0.4, 0.5) is 8.78 Å². The predicted molar refractivity (Wildman–Crippen MR) is 171 cm³/mol. The number of carbonyl (C=O) groups excluding carboxylic acids is 1. The summed E-state index contributed by atoms with van der Waals surface area (Å²) in [4.78, 5) is 13.3. The highest BCUT2D eigenvalue weighted by atomic mass is 32.2. The van der Waals surface area contributed by atoms with Crippen LogP contribution in [-0.2, 0) is 35.8 Å². The molecule has 0 saturated heterocycles. The third-order valence-electron chi connectivity index (χ3n) is 7.62. The number of likely N-dealkylation sites (N-methyl/N-ethyl adjacent to an activating group) is 1. The van der Waals surface area contributed by atoms with Crippen LogP contribution < -0.4 is 10.6 Å². The Morgan fingerprint density at radius 2 is 1.49 bits per heavy atom. The van der Waals surface area contributed by atoms with Crippen LogP contribution >= 0.6 is 0 Å². The number of hydrogen-bond donors (Lipinski definition) is 3. The molecule has 1 amide bonds. The first-order valence-electron chi connectivity index (χ1n) is 14.9. The monoisotopic (exact) mass is 635 g/mol. The minimum absolute atomic E-state index is 0.0345. The molecule has 0 aliphatic rings. The number of rotatable bonds is 15. The molecule has 2 atom stereocenters. The molecular weight excluding hydrogens is 596 g/mol. The van der Waals surface area contributed by atoms with Crippen LogP contribution in [0.25, 0.3) is 0 Å². The highest BCUT2D eigenvalue weighted by Gasteiger charge is 2.25. The minimum atomic E-state index is -3.79. The lowest BCUT2D eigenvalue weighted by Gasteiger charge is -2.25. The van der Waals surface area contributed by atoms with E-state index < -0.39 is 39.7 Å². The van der Waals surface area contributed by atoms with Gasteiger partial charge in [-0.1, -0.05) is 61.5 Å². The summed E-state index contributed by atoms with van der Waals surface area (Å²) < 4.78 is 55.4. The lowest BCUT2D eigenvalue weighted by Crippen LogP contribution is -2.48. The van der Waals surface area contributed by atoms with E-state index in [-0.39, 0.29) is 35.5 Å². The number of nitrogens with zero attached hydrogens (tertiary/aromatic N) is 1. The van der Waals surface area contributed by atoms with Gasteiger partial charge in [-0.05, 0) is 77.9 Å². The topological polar surface area (TPSA) is 98.7 Å². The Hall–Kier alpha value is -3.96. The molecule has 0 bridgehead atoms. The van der Waals surface area contributed by atoms with Gasteiger partial charge in [-0.15, -0.1) is 0 Å². The molecule has 3 N–H and O–H groups in total. The van der Waals surface area contributed by atoms with Gasteiger partial charge >= 0.3 is 0 Å². The van der Waals surface area contributed by atoms with Crippen molar-refractivity contribution in [2.45, 2.75) is 49.8 Å². The fourth-order valence-corrected chi connectivity index (χ4v) is 6.17. The molecule has 7 nitrogen and oxygen atoms in total. The molecule has 0 heterocycles. The van der Waals surface area contributed by atoms with Gasteiger partial charge < -0.3 is 15.7 Å². The number of sulfonamides is 1. The highest BCUT2D eigenvalue weighted by Crippen LogP contribution is 2.17. The van der Waals surface area contributed by atoms with Crippen molar-refractivity contribution in [3.63, 3.8) is 0 Å². The summed E-state index contributed by atoms with van der Waals surface area (Å²) in [5, 5.41) is 17.0. The van der Waals surface area contributed by atoms with Gasteiger partial charge in [0.05, 0.1) is 17.0 Å². The molecular formula is C35H39F2N3O4S. The van der Waals surface area contributed by atoms with Gasteiger partial charge in [0.2, 0.25) is 10.0 Å². The van der Waals surface area contributed by atoms with Gasteiger partial charge in [-0.2, -0.15) is 0 Å². The van der Waals surface area contributed by atoms with Crippen molar-refractivity contribution in [1.29, 1.82) is 0 Å². The Bertz CT molecular complexity index is 1650. The number of aliphatic hydroxyl groups is 1. The normalized spacial score (nSPS) is 13.0. The molecule has 0 aliphatic heterocycles. The smallest absolute Gasteiger partial charge is 0.251 e. The average Bonchev–Trinajstić information content (AvgIpc) is 3.03. The van der Waals surface area contributed by atoms with E-state index in [4.69, 9.17) is 0 Å². The Morgan fingerprint density at radius 3 is 2.16 bits per heavy atom. The predicted octanol–water partition coefficient (Wildman–Crippen LogP) is 4.88. The van der Waals surface area contributed by atoms with Gasteiger partial charge in [-0.3, -0.25) is 4.79 Å². The van der Waals surface area contributed by atoms with Crippen molar-refractivity contribution < 1.29 is 27.1 Å². The fraction of sp³-hybridized carbons (Fsp3) is 0.286. The summed E-state index contributed by atoms with van der Waals surface area (Å²) in [7, 11) is -2.28. The molecule has 4 aromatic rings. The highest BCUT2D eigenvalue weighted by molar-refractivity contribution is 7.89. The van der Waals surface area contributed by atoms with E-state index in [1.165, 1.54) is 41.2 Å². The van der Waals surface area contributed by atoms with Crippen LogP contribution in [0.1, 0.15) is 39.5 Å². The summed E-state index contributed by atoms with van der Waals surface area (Å²) in [6.45, 7) is 2.94. The Kier molecular flexibility index (Phi) is 12.0. The second-order valence-electron chi connectivity index (χ2n) is 11.0. The van der Waals surface area contributed by atoms with Crippen LogP contribution in [0.15, 0.2) is 102 Å². The first-order valence-corrected chi connectivity index (χ1v) is 16.3. The minimum Gasteiger partial charge on any atom is -0.390 e. The van der Waals surface area contributed by atoms with E-state index in [0.717, 1.165) is 35.7 Å². The molecule has 238 valence electrons. The molecule has 10 heteroatoms. The molecule has 4 rings (SSSR count). The zero-order valence-electron chi connectivity index (χ0n) is 25.4. The summed E-state index contributed by atoms with van der Waals surface area (Å²) in [5.74, 6) is -2.08. The molecule has 45 heavy (non-hydrogen) atoms. The van der Waals surface area contributed by atoms with Gasteiger partial charge in [0.15, 0.2) is 0 Å². The maximum Gasteiger partial charge on any atom is 0.251 e. The number of amides is 1. The maximum absolute atomic E-state index is 13.9. The average molecular weight is 636 g/mol. The number of benzene rings is 4. The lowest BCUT2D eigenvalue weighted by atomic mass is 10.00. The van der Waals surface area contributed by atoms with Crippen LogP contribution in [0.2, 0.25) is 0 Å². The van der Waals surface area contributed by atoms with Gasteiger partial charge in [0.25, 0.3) is 5.91 Å². The van der Waals surface area contributed by atoms with Crippen LogP contribution in [0.5, 0.6) is 0 Å². The number of aliphatic hydroxyl groups excluding tert-OH is 1. The third kappa shape index (κ3) is 9.76. The zero-order chi connectivity index (χ0) is 32.4. The molecule has 0 spiro atoms. The van der Waals surface area contributed by atoms with Crippen molar-refractivity contribution in [2.75, 3.05) is 20.1 Å². The van der Waals surface area contributed by atoms with E-state index in [1.807, 2.05) is 48.5 Å². The van der Waals surface area contributed by atoms with E-state index in [2.05, 4.69) is 23.6 Å². The molecule has 0 unspecified atom stereocenters. The number of halogens is 2. The second kappa shape index (κ2) is 15.9. The standard InChI is InChI=1S/C35H39F2N3O4S/c1-3-25-10-7-11-27(18-25)23-38-24-34(41)33(21-28-19-30(36)22-31(37)20-28)39-35(42)29-12-14-32(15-13-29)45(43,44)40(2)17-16-26-8-5-4-6-9-26/h4-15,18-20,22,33-34,38,41H,3,16-17,21,23-24H2,1-2H3,(H,39,42)/t33-,34+/m0/s1. The number of aryl methyl sites for hydroxylation is 1. The summed E-state index contributed by atoms with van der Waals surface area (Å²) in [6.07, 6.45) is 0.308. The first-order chi connectivity index (χ1) is 21.5. The van der Waals surface area contributed by atoms with E-state index >= 15 is 0 Å². The summed E-state index contributed by atoms with van der Waals surface area (Å²) in [5.41, 5.74) is 3.69. The largest absolute Gasteiger partial charge is 0.390 e. The maximum atomic E-state index is 13.9. The van der Waals surface area contributed by atoms with Crippen LogP contribution in [-0.4, -0.2) is 56.0 Å². The fourth-order valence-electron chi connectivity index (χ4n) is 4.99. The third-order valence-corrected chi connectivity index (χ3v) is 9.50. The van der Waals surface area contributed by atoms with Crippen LogP contribution in [0, 0.1) is 11.6 Å². The molecule has 0 aromatic heterocycles. The zero-order valence-corrected chi connectivity index (χ0v) is 26.2. The Balaban J connectivity index is 1.43. The van der Waals surface area contributed by atoms with Gasteiger partial charge in [0, 0.05) is 38.3 Å². The second-order valence-corrected chi connectivity index (χ2v) is 13.1. The molecule has 4 aromatic carbocycles. The van der Waals surface area contributed by atoms with Crippen molar-refractivity contribution in [3.8, 4) is 0 Å². The molecule has 0 aliphatic carbocycles. The molecule has 0 fully saturated rings. The number of carbonyl (C=O) groups is 1. The Labute approximate surface area is 264 Å². The van der Waals surface area contributed by atoms with Crippen molar-refractivity contribution >= 4 is 15.9 Å². The summed E-state index contributed by atoms with van der Waals surface area (Å²) in [6, 6.07) is 25.3. The Morgan fingerprint density at radius 1 is 0.844 bits per heavy atom. The van der Waals surface area contributed by atoms with Crippen molar-refractivity contribution in [1.82, 2.24) is 14.9 Å². The van der Waals surface area contributed by atoms with Crippen molar-refractivity contribution in [2.24, 2.45) is 0 Å². The molecule has 0 saturated carbocycles. The van der Waals surface area contributed by atoms with Gasteiger partial charge in [0.1, 0.15) is 11.6 Å². The first kappa shape index (κ1) is 33.9. The van der Waals surface area contributed by atoms with E-state index in [9.17, 15) is 27.1 Å². The number of hydrogen-bond acceptors (Lipinski definition) is 5. The van der Waals surface area contributed by atoms with E-state index in [1.54, 1.807) is 0 Å². The summed E-state index contributed by atoms with van der Waals surface area (Å²) >= 11 is 0.